The van der Waals surface area contributed by atoms with E-state index in [4.69, 9.17) is 9.97 Å². The molecular weight excluding hydrogens is 555 g/mol. The summed E-state index contributed by atoms with van der Waals surface area (Å²) in [6.45, 7) is 2.17. The van der Waals surface area contributed by atoms with Gasteiger partial charge in [-0.25, -0.2) is 9.97 Å². The number of hydrogen-bond acceptors (Lipinski definition) is 3. The highest BCUT2D eigenvalue weighted by Crippen LogP contribution is 2.43. The molecule has 3 heterocycles. The number of para-hydroxylation sites is 3. The van der Waals surface area contributed by atoms with Crippen LogP contribution in [0, 0.1) is 0 Å². The monoisotopic (exact) mass is 581 g/mol. The van der Waals surface area contributed by atoms with Gasteiger partial charge >= 0.3 is 0 Å². The van der Waals surface area contributed by atoms with E-state index in [-0.39, 0.29) is 0 Å². The average molecular weight is 582 g/mol. The van der Waals surface area contributed by atoms with Crippen molar-refractivity contribution in [1.29, 1.82) is 0 Å². The first-order chi connectivity index (χ1) is 21.8. The second-order valence-corrected chi connectivity index (χ2v) is 12.3. The second-order valence-electron chi connectivity index (χ2n) is 11.3. The molecule has 0 unspecified atom stereocenters. The van der Waals surface area contributed by atoms with Gasteiger partial charge < -0.3 is 0 Å². The van der Waals surface area contributed by atoms with E-state index in [1.54, 1.807) is 0 Å². The fourth-order valence-corrected chi connectivity index (χ4v) is 7.97. The maximum Gasteiger partial charge on any atom is 0.114 e. The lowest BCUT2D eigenvalue weighted by Crippen LogP contribution is -2.00. The fraction of sp³-hybridized carbons (Fsp3) is 0.0500. The summed E-state index contributed by atoms with van der Waals surface area (Å²) < 4.78 is 4.93. The highest BCUT2D eigenvalue weighted by Gasteiger charge is 2.17. The van der Waals surface area contributed by atoms with Crippen molar-refractivity contribution in [3.63, 3.8) is 0 Å². The third-order valence-electron chi connectivity index (χ3n) is 8.73. The molecule has 0 aliphatic carbocycles. The molecule has 0 saturated carbocycles. The maximum atomic E-state index is 5.28. The molecule has 9 rings (SSSR count). The zero-order valence-electron chi connectivity index (χ0n) is 24.2. The van der Waals surface area contributed by atoms with Crippen LogP contribution in [0.4, 0.5) is 0 Å². The lowest BCUT2D eigenvalue weighted by Gasteiger charge is -2.13. The van der Waals surface area contributed by atoms with E-state index < -0.39 is 0 Å². The van der Waals surface area contributed by atoms with Crippen molar-refractivity contribution < 1.29 is 0 Å². The molecule has 6 aromatic carbocycles. The number of hydrogen-bond donors (Lipinski definition) is 0. The minimum atomic E-state index is 0.863. The van der Waals surface area contributed by atoms with E-state index >= 15 is 0 Å². The van der Waals surface area contributed by atoms with Crippen LogP contribution in [-0.4, -0.2) is 14.5 Å². The molecule has 0 radical (unpaired) electrons. The zero-order valence-corrected chi connectivity index (χ0v) is 25.0. The molecule has 9 aromatic rings. The molecule has 0 aliphatic rings. The van der Waals surface area contributed by atoms with Crippen molar-refractivity contribution in [2.75, 3.05) is 0 Å². The number of rotatable bonds is 4. The summed E-state index contributed by atoms with van der Waals surface area (Å²) >= 11 is 1.88. The quantitative estimate of drug-likeness (QED) is 0.194. The van der Waals surface area contributed by atoms with E-state index in [1.165, 1.54) is 41.9 Å². The zero-order chi connectivity index (χ0) is 29.2. The summed E-state index contributed by atoms with van der Waals surface area (Å²) in [5, 5.41) is 6.30. The van der Waals surface area contributed by atoms with E-state index in [0.29, 0.717) is 0 Å². The first kappa shape index (κ1) is 25.2. The first-order valence-electron chi connectivity index (χ1n) is 15.1. The van der Waals surface area contributed by atoms with Gasteiger partial charge in [-0.3, -0.25) is 4.57 Å². The van der Waals surface area contributed by atoms with Crippen LogP contribution in [0.5, 0.6) is 0 Å². The number of nitrogens with zero attached hydrogens (tertiary/aromatic N) is 3. The Morgan fingerprint density at radius 2 is 1.27 bits per heavy atom. The van der Waals surface area contributed by atoms with Crippen LogP contribution in [0.3, 0.4) is 0 Å². The third-order valence-corrected chi connectivity index (χ3v) is 9.93. The molecule has 208 valence electrons. The van der Waals surface area contributed by atoms with Gasteiger partial charge in [-0.2, -0.15) is 0 Å². The molecule has 0 aliphatic heterocycles. The van der Waals surface area contributed by atoms with Crippen LogP contribution in [0.1, 0.15) is 12.7 Å². The van der Waals surface area contributed by atoms with Crippen molar-refractivity contribution in [3.8, 4) is 28.1 Å². The Morgan fingerprint density at radius 1 is 0.568 bits per heavy atom. The number of imidazole rings is 1. The molecule has 4 heteroatoms. The molecule has 0 spiro atoms. The summed E-state index contributed by atoms with van der Waals surface area (Å²) in [7, 11) is 0. The molecule has 0 atom stereocenters. The number of aryl methyl sites for hydroxylation is 1. The SMILES string of the molecule is CCc1nc2ccccc2n1-c1cccc(-c2cccc(-c3nc4ccccc4c4c3ccc3c5ccccc5sc34)c2)c1. The Labute approximate surface area is 258 Å². The van der Waals surface area contributed by atoms with Crippen molar-refractivity contribution in [2.24, 2.45) is 0 Å². The number of benzene rings is 6. The first-order valence-corrected chi connectivity index (χ1v) is 15.9. The molecule has 0 bridgehead atoms. The Balaban J connectivity index is 1.24. The average Bonchev–Trinajstić information content (AvgIpc) is 3.66. The van der Waals surface area contributed by atoms with Crippen molar-refractivity contribution in [1.82, 2.24) is 14.5 Å². The van der Waals surface area contributed by atoms with Crippen LogP contribution in [0.15, 0.2) is 133 Å². The number of aromatic nitrogens is 3. The van der Waals surface area contributed by atoms with Gasteiger partial charge in [0.2, 0.25) is 0 Å². The van der Waals surface area contributed by atoms with Gasteiger partial charge in [0.15, 0.2) is 0 Å². The molecule has 0 saturated heterocycles. The molecule has 0 fully saturated rings. The topological polar surface area (TPSA) is 30.7 Å². The van der Waals surface area contributed by atoms with Crippen LogP contribution in [0.25, 0.3) is 81.0 Å². The van der Waals surface area contributed by atoms with Crippen LogP contribution < -0.4 is 0 Å². The minimum Gasteiger partial charge on any atom is -0.296 e. The Kier molecular flexibility index (Phi) is 5.65. The summed E-state index contributed by atoms with van der Waals surface area (Å²) in [5.41, 5.74) is 8.77. The highest BCUT2D eigenvalue weighted by atomic mass is 32.1. The summed E-state index contributed by atoms with van der Waals surface area (Å²) in [4.78, 5) is 10.2. The van der Waals surface area contributed by atoms with Gasteiger partial charge in [0, 0.05) is 54.0 Å². The highest BCUT2D eigenvalue weighted by molar-refractivity contribution is 7.26. The van der Waals surface area contributed by atoms with Gasteiger partial charge in [0.25, 0.3) is 0 Å². The van der Waals surface area contributed by atoms with Crippen molar-refractivity contribution in [2.45, 2.75) is 13.3 Å². The molecule has 0 N–H and O–H groups in total. The summed E-state index contributed by atoms with van der Waals surface area (Å²) in [5.74, 6) is 1.07. The molecule has 3 nitrogen and oxygen atoms in total. The second kappa shape index (κ2) is 9.87. The largest absolute Gasteiger partial charge is 0.296 e. The predicted molar refractivity (Wildman–Crippen MR) is 187 cm³/mol. The molecular formula is C40H27N3S. The molecule has 0 amide bonds. The van der Waals surface area contributed by atoms with Crippen molar-refractivity contribution >= 4 is 64.2 Å². The van der Waals surface area contributed by atoms with E-state index in [0.717, 1.165) is 51.3 Å². The van der Waals surface area contributed by atoms with Crippen molar-refractivity contribution in [3.05, 3.63) is 139 Å². The Morgan fingerprint density at radius 3 is 2.16 bits per heavy atom. The minimum absolute atomic E-state index is 0.863. The van der Waals surface area contributed by atoms with E-state index in [2.05, 4.69) is 145 Å². The van der Waals surface area contributed by atoms with E-state index in [1.807, 2.05) is 11.3 Å². The Bertz CT molecular complexity index is 2550. The smallest absolute Gasteiger partial charge is 0.114 e. The Hall–Kier alpha value is -5.32. The number of pyridine rings is 1. The van der Waals surface area contributed by atoms with Crippen LogP contribution in [0.2, 0.25) is 0 Å². The van der Waals surface area contributed by atoms with Crippen LogP contribution in [-0.2, 0) is 6.42 Å². The third kappa shape index (κ3) is 3.81. The summed E-state index contributed by atoms with van der Waals surface area (Å²) in [6, 6.07) is 47.8. The fourth-order valence-electron chi connectivity index (χ4n) is 6.71. The number of fused-ring (bicyclic) bond motifs is 8. The van der Waals surface area contributed by atoms with Gasteiger partial charge in [-0.05, 0) is 53.6 Å². The van der Waals surface area contributed by atoms with Gasteiger partial charge in [-0.1, -0.05) is 97.9 Å². The molecule has 44 heavy (non-hydrogen) atoms. The lowest BCUT2D eigenvalue weighted by atomic mass is 9.96. The lowest BCUT2D eigenvalue weighted by molar-refractivity contribution is 0.908. The van der Waals surface area contributed by atoms with Gasteiger partial charge in [0.1, 0.15) is 5.82 Å². The normalized spacial score (nSPS) is 11.8. The standard InChI is InChI=1S/C40H27N3S/c1-2-37-41-34-18-6-7-19-35(34)43(37)28-14-10-12-26(24-28)25-11-9-13-27(23-25)39-32-22-21-30-29-15-4-8-20-36(29)44-40(30)38(32)31-16-3-5-17-33(31)42-39/h3-24H,2H2,1H3. The molecule has 3 aromatic heterocycles. The van der Waals surface area contributed by atoms with Gasteiger partial charge in [0.05, 0.1) is 22.2 Å². The number of thiophene rings is 1. The van der Waals surface area contributed by atoms with E-state index in [9.17, 15) is 0 Å². The van der Waals surface area contributed by atoms with Crippen LogP contribution >= 0.6 is 11.3 Å². The maximum absolute atomic E-state index is 5.28. The predicted octanol–water partition coefficient (Wildman–Crippen LogP) is 11.0. The summed E-state index contributed by atoms with van der Waals surface area (Å²) in [6.07, 6.45) is 0.863. The van der Waals surface area contributed by atoms with Gasteiger partial charge in [-0.15, -0.1) is 11.3 Å².